The summed E-state index contributed by atoms with van der Waals surface area (Å²) in [7, 11) is 0. The molecule has 2 aromatic heterocycles. The van der Waals surface area contributed by atoms with Crippen molar-refractivity contribution in [3.8, 4) is 0 Å². The van der Waals surface area contributed by atoms with E-state index < -0.39 is 0 Å². The van der Waals surface area contributed by atoms with Gasteiger partial charge in [0.05, 0.1) is 29.3 Å². The van der Waals surface area contributed by atoms with Gasteiger partial charge in [-0.2, -0.15) is 0 Å². The third-order valence-corrected chi connectivity index (χ3v) is 3.38. The largest absolute Gasteiger partial charge is 0.335 e. The Morgan fingerprint density at radius 1 is 1.10 bits per heavy atom. The summed E-state index contributed by atoms with van der Waals surface area (Å²) < 4.78 is 3.65. The molecule has 102 valence electrons. The summed E-state index contributed by atoms with van der Waals surface area (Å²) in [5.41, 5.74) is 1.81. The number of benzene rings is 1. The van der Waals surface area contributed by atoms with Crippen molar-refractivity contribution < 1.29 is 0 Å². The van der Waals surface area contributed by atoms with Crippen molar-refractivity contribution in [2.75, 3.05) is 0 Å². The predicted octanol–water partition coefficient (Wildman–Crippen LogP) is 1.86. The zero-order valence-corrected chi connectivity index (χ0v) is 11.4. The van der Waals surface area contributed by atoms with Crippen LogP contribution in [-0.2, 0) is 19.5 Å². The van der Waals surface area contributed by atoms with Crippen molar-refractivity contribution in [1.29, 1.82) is 0 Å². The van der Waals surface area contributed by atoms with Gasteiger partial charge < -0.3 is 4.57 Å². The van der Waals surface area contributed by atoms with Crippen LogP contribution in [0.4, 0.5) is 0 Å². The van der Waals surface area contributed by atoms with Gasteiger partial charge in [0, 0.05) is 19.3 Å². The molecular formula is C15H16N4O. The molecule has 0 aliphatic carbocycles. The first-order chi connectivity index (χ1) is 9.78. The molecule has 0 atom stereocenters. The van der Waals surface area contributed by atoms with Crippen LogP contribution in [0.15, 0.2) is 47.9 Å². The van der Waals surface area contributed by atoms with Crippen LogP contribution in [0, 0.1) is 0 Å². The number of hydrogen-bond donors (Lipinski definition) is 0. The summed E-state index contributed by atoms with van der Waals surface area (Å²) in [5.74, 6) is 0. The standard InChI is InChI=1S/C15H16N4O/c1-2-12-9-18(10-16-12)7-8-19-11-17-14-6-4-3-5-13(14)15(19)20/h3-6,9-11H,2,7-8H2,1H3. The average Bonchev–Trinajstić information content (AvgIpc) is 2.95. The molecule has 0 fully saturated rings. The molecule has 0 aliphatic heterocycles. The van der Waals surface area contributed by atoms with Gasteiger partial charge in [-0.1, -0.05) is 19.1 Å². The Morgan fingerprint density at radius 3 is 2.75 bits per heavy atom. The summed E-state index contributed by atoms with van der Waals surface area (Å²) in [6.07, 6.45) is 6.35. The van der Waals surface area contributed by atoms with Crippen LogP contribution in [-0.4, -0.2) is 19.1 Å². The molecule has 0 bridgehead atoms. The number of aromatic nitrogens is 4. The van der Waals surface area contributed by atoms with E-state index in [0.717, 1.165) is 17.6 Å². The van der Waals surface area contributed by atoms with Gasteiger partial charge in [0.2, 0.25) is 0 Å². The number of para-hydroxylation sites is 1. The Hall–Kier alpha value is -2.43. The number of hydrogen-bond acceptors (Lipinski definition) is 3. The third kappa shape index (κ3) is 2.34. The molecule has 0 aliphatic rings. The maximum Gasteiger partial charge on any atom is 0.261 e. The Morgan fingerprint density at radius 2 is 1.95 bits per heavy atom. The molecule has 5 heteroatoms. The summed E-state index contributed by atoms with van der Waals surface area (Å²) in [4.78, 5) is 20.9. The second-order valence-corrected chi connectivity index (χ2v) is 4.72. The van der Waals surface area contributed by atoms with Gasteiger partial charge in [-0.25, -0.2) is 9.97 Å². The first kappa shape index (κ1) is 12.6. The molecule has 3 aromatic rings. The quantitative estimate of drug-likeness (QED) is 0.725. The molecular weight excluding hydrogens is 252 g/mol. The summed E-state index contributed by atoms with van der Waals surface area (Å²) >= 11 is 0. The molecule has 0 unspecified atom stereocenters. The van der Waals surface area contributed by atoms with Crippen molar-refractivity contribution >= 4 is 10.9 Å². The van der Waals surface area contributed by atoms with Gasteiger partial charge in [-0.15, -0.1) is 0 Å². The highest BCUT2D eigenvalue weighted by molar-refractivity contribution is 5.76. The van der Waals surface area contributed by atoms with Crippen molar-refractivity contribution in [2.45, 2.75) is 26.4 Å². The Bertz CT molecular complexity index is 788. The van der Waals surface area contributed by atoms with Crippen molar-refractivity contribution in [3.05, 3.63) is 59.2 Å². The molecule has 1 aromatic carbocycles. The summed E-state index contributed by atoms with van der Waals surface area (Å²) in [6.45, 7) is 3.38. The van der Waals surface area contributed by atoms with Gasteiger partial charge in [0.15, 0.2) is 0 Å². The summed E-state index contributed by atoms with van der Waals surface area (Å²) in [5, 5.41) is 0.662. The van der Waals surface area contributed by atoms with Crippen molar-refractivity contribution in [1.82, 2.24) is 19.1 Å². The lowest BCUT2D eigenvalue weighted by molar-refractivity contribution is 0.561. The fourth-order valence-corrected chi connectivity index (χ4v) is 2.20. The summed E-state index contributed by atoms with van der Waals surface area (Å²) in [6, 6.07) is 7.41. The Labute approximate surface area is 116 Å². The highest BCUT2D eigenvalue weighted by Crippen LogP contribution is 2.05. The van der Waals surface area contributed by atoms with E-state index in [1.165, 1.54) is 0 Å². The van der Waals surface area contributed by atoms with E-state index in [1.807, 2.05) is 35.0 Å². The van der Waals surface area contributed by atoms with E-state index in [9.17, 15) is 4.79 Å². The minimum atomic E-state index is 0.00595. The fourth-order valence-electron chi connectivity index (χ4n) is 2.20. The van der Waals surface area contributed by atoms with E-state index in [0.29, 0.717) is 18.5 Å². The van der Waals surface area contributed by atoms with Gasteiger partial charge in [0.1, 0.15) is 0 Å². The highest BCUT2D eigenvalue weighted by Gasteiger charge is 2.03. The van der Waals surface area contributed by atoms with Gasteiger partial charge in [0.25, 0.3) is 5.56 Å². The van der Waals surface area contributed by atoms with Crippen LogP contribution < -0.4 is 5.56 Å². The Kier molecular flexibility index (Phi) is 3.33. The fraction of sp³-hybridized carbons (Fsp3) is 0.267. The first-order valence-electron chi connectivity index (χ1n) is 6.73. The highest BCUT2D eigenvalue weighted by atomic mass is 16.1. The van der Waals surface area contributed by atoms with Gasteiger partial charge >= 0.3 is 0 Å². The SMILES string of the molecule is CCc1cn(CCn2cnc3ccccc3c2=O)cn1. The smallest absolute Gasteiger partial charge is 0.261 e. The minimum Gasteiger partial charge on any atom is -0.335 e. The number of aryl methyl sites for hydroxylation is 3. The normalized spacial score (nSPS) is 11.1. The van der Waals surface area contributed by atoms with Crippen LogP contribution >= 0.6 is 0 Å². The number of fused-ring (bicyclic) bond motifs is 1. The van der Waals surface area contributed by atoms with Crippen LogP contribution in [0.5, 0.6) is 0 Å². The molecule has 0 spiro atoms. The van der Waals surface area contributed by atoms with E-state index in [1.54, 1.807) is 17.2 Å². The second kappa shape index (κ2) is 5.28. The van der Waals surface area contributed by atoms with Crippen molar-refractivity contribution in [2.24, 2.45) is 0 Å². The minimum absolute atomic E-state index is 0.00595. The van der Waals surface area contributed by atoms with Crippen LogP contribution in [0.2, 0.25) is 0 Å². The average molecular weight is 268 g/mol. The Balaban J connectivity index is 1.84. The second-order valence-electron chi connectivity index (χ2n) is 4.72. The van der Waals surface area contributed by atoms with Crippen LogP contribution in [0.25, 0.3) is 10.9 Å². The van der Waals surface area contributed by atoms with E-state index >= 15 is 0 Å². The molecule has 20 heavy (non-hydrogen) atoms. The molecule has 3 rings (SSSR count). The maximum atomic E-state index is 12.3. The number of rotatable bonds is 4. The van der Waals surface area contributed by atoms with Gasteiger partial charge in [-0.3, -0.25) is 9.36 Å². The molecule has 0 amide bonds. The zero-order valence-electron chi connectivity index (χ0n) is 11.4. The van der Waals surface area contributed by atoms with E-state index in [2.05, 4.69) is 16.9 Å². The monoisotopic (exact) mass is 268 g/mol. The molecule has 2 heterocycles. The van der Waals surface area contributed by atoms with Crippen LogP contribution in [0.1, 0.15) is 12.6 Å². The van der Waals surface area contributed by atoms with E-state index in [-0.39, 0.29) is 5.56 Å². The first-order valence-corrected chi connectivity index (χ1v) is 6.73. The third-order valence-electron chi connectivity index (χ3n) is 3.38. The molecule has 0 N–H and O–H groups in total. The molecule has 5 nitrogen and oxygen atoms in total. The molecule has 0 saturated carbocycles. The maximum absolute atomic E-state index is 12.3. The zero-order chi connectivity index (χ0) is 13.9. The lowest BCUT2D eigenvalue weighted by Gasteiger charge is -2.07. The molecule has 0 radical (unpaired) electrons. The van der Waals surface area contributed by atoms with Gasteiger partial charge in [-0.05, 0) is 18.6 Å². The topological polar surface area (TPSA) is 52.7 Å². The number of imidazole rings is 1. The lowest BCUT2D eigenvalue weighted by Crippen LogP contribution is -2.22. The number of nitrogens with zero attached hydrogens (tertiary/aromatic N) is 4. The predicted molar refractivity (Wildman–Crippen MR) is 77.6 cm³/mol. The lowest BCUT2D eigenvalue weighted by atomic mass is 10.2. The molecule has 0 saturated heterocycles. The van der Waals surface area contributed by atoms with E-state index in [4.69, 9.17) is 0 Å². The van der Waals surface area contributed by atoms with Crippen molar-refractivity contribution in [3.63, 3.8) is 0 Å². The van der Waals surface area contributed by atoms with Crippen LogP contribution in [0.3, 0.4) is 0 Å².